The van der Waals surface area contributed by atoms with Gasteiger partial charge in [0.05, 0.1) is 28.5 Å². The van der Waals surface area contributed by atoms with Gasteiger partial charge in [0.1, 0.15) is 0 Å². The fraction of sp³-hybridized carbons (Fsp3) is 0.111. The zero-order chi connectivity index (χ0) is 12.4. The minimum atomic E-state index is -0.607. The second-order valence-corrected chi connectivity index (χ2v) is 3.62. The van der Waals surface area contributed by atoms with E-state index in [1.807, 2.05) is 0 Å². The average molecular weight is 255 g/mol. The molecule has 17 heavy (non-hydrogen) atoms. The number of pyridine rings is 1. The number of rotatable bonds is 3. The van der Waals surface area contributed by atoms with E-state index >= 15 is 0 Å². The Balaban J connectivity index is 2.35. The molecule has 0 aromatic carbocycles. The molecule has 0 N–H and O–H groups in total. The molecule has 8 heteroatoms. The minimum Gasteiger partial charge on any atom is -0.430 e. The molecule has 0 radical (unpaired) electrons. The van der Waals surface area contributed by atoms with E-state index in [2.05, 4.69) is 10.1 Å². The summed E-state index contributed by atoms with van der Waals surface area (Å²) in [5.74, 6) is 0.248. The van der Waals surface area contributed by atoms with Crippen molar-refractivity contribution in [2.24, 2.45) is 7.05 Å². The summed E-state index contributed by atoms with van der Waals surface area (Å²) in [7, 11) is 1.70. The van der Waals surface area contributed by atoms with Crippen molar-refractivity contribution in [3.05, 3.63) is 39.8 Å². The Morgan fingerprint density at radius 3 is 2.88 bits per heavy atom. The third-order valence-corrected chi connectivity index (χ3v) is 2.10. The Morgan fingerprint density at radius 1 is 1.53 bits per heavy atom. The van der Waals surface area contributed by atoms with Crippen molar-refractivity contribution in [2.75, 3.05) is 0 Å². The first-order chi connectivity index (χ1) is 8.06. The molecule has 0 bridgehead atoms. The number of hydrogen-bond acceptors (Lipinski definition) is 5. The Kier molecular flexibility index (Phi) is 2.92. The van der Waals surface area contributed by atoms with Crippen molar-refractivity contribution in [3.63, 3.8) is 0 Å². The molecule has 2 rings (SSSR count). The van der Waals surface area contributed by atoms with Crippen molar-refractivity contribution in [2.45, 2.75) is 0 Å². The monoisotopic (exact) mass is 254 g/mol. The Labute approximate surface area is 101 Å². The van der Waals surface area contributed by atoms with Crippen LogP contribution in [0.1, 0.15) is 0 Å². The first-order valence-corrected chi connectivity index (χ1v) is 4.90. The van der Waals surface area contributed by atoms with Crippen LogP contribution in [-0.4, -0.2) is 19.7 Å². The number of aromatic nitrogens is 3. The molecule has 0 aliphatic rings. The molecule has 2 heterocycles. The van der Waals surface area contributed by atoms with Gasteiger partial charge in [-0.3, -0.25) is 14.8 Å². The van der Waals surface area contributed by atoms with E-state index in [9.17, 15) is 10.1 Å². The molecule has 0 amide bonds. The lowest BCUT2D eigenvalue weighted by Crippen LogP contribution is -1.95. The summed E-state index contributed by atoms with van der Waals surface area (Å²) in [6.07, 6.45) is 4.28. The summed E-state index contributed by atoms with van der Waals surface area (Å²) >= 11 is 5.63. The van der Waals surface area contributed by atoms with Gasteiger partial charge in [0, 0.05) is 13.1 Å². The predicted molar refractivity (Wildman–Crippen MR) is 59.2 cm³/mol. The molecule has 7 nitrogen and oxygen atoms in total. The summed E-state index contributed by atoms with van der Waals surface area (Å²) in [6.45, 7) is 0. The van der Waals surface area contributed by atoms with Crippen LogP contribution in [-0.2, 0) is 7.05 Å². The van der Waals surface area contributed by atoms with Gasteiger partial charge < -0.3 is 4.74 Å². The highest BCUT2D eigenvalue weighted by molar-refractivity contribution is 6.30. The van der Waals surface area contributed by atoms with Crippen LogP contribution in [0.25, 0.3) is 0 Å². The third-order valence-electron chi connectivity index (χ3n) is 1.89. The first-order valence-electron chi connectivity index (χ1n) is 4.52. The molecule has 0 saturated heterocycles. The van der Waals surface area contributed by atoms with Gasteiger partial charge in [0.25, 0.3) is 5.88 Å². The molecule has 0 saturated carbocycles. The quantitative estimate of drug-likeness (QED) is 0.619. The van der Waals surface area contributed by atoms with E-state index in [1.165, 1.54) is 23.1 Å². The SMILES string of the molecule is Cn1cc(Oc2ncc(Cl)cc2[N+](=O)[O-])cn1. The van der Waals surface area contributed by atoms with Gasteiger partial charge in [0.2, 0.25) is 0 Å². The van der Waals surface area contributed by atoms with Crippen LogP contribution in [0.4, 0.5) is 5.69 Å². The highest BCUT2D eigenvalue weighted by Gasteiger charge is 2.18. The van der Waals surface area contributed by atoms with Gasteiger partial charge in [0.15, 0.2) is 5.75 Å². The Bertz CT molecular complexity index is 569. The number of nitrogens with zero attached hydrogens (tertiary/aromatic N) is 4. The van der Waals surface area contributed by atoms with Crippen molar-refractivity contribution < 1.29 is 9.66 Å². The second-order valence-electron chi connectivity index (χ2n) is 3.19. The molecule has 0 spiro atoms. The first kappa shape index (κ1) is 11.3. The average Bonchev–Trinajstić information content (AvgIpc) is 2.66. The van der Waals surface area contributed by atoms with E-state index < -0.39 is 4.92 Å². The zero-order valence-corrected chi connectivity index (χ0v) is 9.46. The van der Waals surface area contributed by atoms with Gasteiger partial charge in [-0.25, -0.2) is 4.98 Å². The van der Waals surface area contributed by atoms with Crippen LogP contribution in [0.15, 0.2) is 24.7 Å². The van der Waals surface area contributed by atoms with E-state index in [-0.39, 0.29) is 16.6 Å². The minimum absolute atomic E-state index is 0.118. The molecule has 2 aromatic rings. The van der Waals surface area contributed by atoms with E-state index in [4.69, 9.17) is 16.3 Å². The molecular weight excluding hydrogens is 248 g/mol. The number of hydrogen-bond donors (Lipinski definition) is 0. The molecule has 88 valence electrons. The van der Waals surface area contributed by atoms with E-state index in [1.54, 1.807) is 13.2 Å². The number of nitro groups is 1. The lowest BCUT2D eigenvalue weighted by molar-refractivity contribution is -0.386. The van der Waals surface area contributed by atoms with E-state index in [0.717, 1.165) is 0 Å². The van der Waals surface area contributed by atoms with Crippen LogP contribution >= 0.6 is 11.6 Å². The smallest absolute Gasteiger partial charge is 0.332 e. The topological polar surface area (TPSA) is 83.1 Å². The van der Waals surface area contributed by atoms with Gasteiger partial charge in [-0.1, -0.05) is 11.6 Å². The van der Waals surface area contributed by atoms with Crippen molar-refractivity contribution >= 4 is 17.3 Å². The molecule has 2 aromatic heterocycles. The summed E-state index contributed by atoms with van der Waals surface area (Å²) in [5.41, 5.74) is -0.290. The molecule has 0 aliphatic carbocycles. The zero-order valence-electron chi connectivity index (χ0n) is 8.70. The maximum atomic E-state index is 10.8. The summed E-state index contributed by atoms with van der Waals surface area (Å²) < 4.78 is 6.76. The predicted octanol–water partition coefficient (Wildman–Crippen LogP) is 2.17. The van der Waals surface area contributed by atoms with Gasteiger partial charge in [-0.05, 0) is 0 Å². The van der Waals surface area contributed by atoms with Crippen LogP contribution in [0, 0.1) is 10.1 Å². The lowest BCUT2D eigenvalue weighted by atomic mass is 10.4. The van der Waals surface area contributed by atoms with Crippen molar-refractivity contribution in [1.29, 1.82) is 0 Å². The van der Waals surface area contributed by atoms with Crippen molar-refractivity contribution in [3.8, 4) is 11.6 Å². The Morgan fingerprint density at radius 2 is 2.29 bits per heavy atom. The third kappa shape index (κ3) is 2.51. The standard InChI is InChI=1S/C9H7ClN4O3/c1-13-5-7(4-12-13)17-9-8(14(15)16)2-6(10)3-11-9/h2-5H,1H3. The maximum Gasteiger partial charge on any atom is 0.332 e. The normalized spacial score (nSPS) is 10.2. The maximum absolute atomic E-state index is 10.8. The molecule has 0 fully saturated rings. The summed E-state index contributed by atoms with van der Waals surface area (Å²) in [6, 6.07) is 1.18. The van der Waals surface area contributed by atoms with E-state index in [0.29, 0.717) is 5.75 Å². The van der Waals surface area contributed by atoms with Crippen LogP contribution in [0.5, 0.6) is 11.6 Å². The fourth-order valence-corrected chi connectivity index (χ4v) is 1.34. The lowest BCUT2D eigenvalue weighted by Gasteiger charge is -2.02. The van der Waals surface area contributed by atoms with Gasteiger partial charge in [-0.2, -0.15) is 5.10 Å². The van der Waals surface area contributed by atoms with Crippen LogP contribution in [0.3, 0.4) is 0 Å². The molecule has 0 atom stereocenters. The van der Waals surface area contributed by atoms with Crippen molar-refractivity contribution in [1.82, 2.24) is 14.8 Å². The van der Waals surface area contributed by atoms with Crippen LogP contribution < -0.4 is 4.74 Å². The highest BCUT2D eigenvalue weighted by atomic mass is 35.5. The molecule has 0 unspecified atom stereocenters. The Hall–Kier alpha value is -2.15. The second kappa shape index (κ2) is 4.38. The van der Waals surface area contributed by atoms with Gasteiger partial charge >= 0.3 is 5.69 Å². The fourth-order valence-electron chi connectivity index (χ4n) is 1.19. The number of halogens is 1. The summed E-state index contributed by atoms with van der Waals surface area (Å²) in [4.78, 5) is 13.9. The highest BCUT2D eigenvalue weighted by Crippen LogP contribution is 2.30. The number of ether oxygens (including phenoxy) is 1. The largest absolute Gasteiger partial charge is 0.430 e. The molecular formula is C9H7ClN4O3. The van der Waals surface area contributed by atoms with Gasteiger partial charge in [-0.15, -0.1) is 0 Å². The van der Waals surface area contributed by atoms with Crippen LogP contribution in [0.2, 0.25) is 5.02 Å². The molecule has 0 aliphatic heterocycles. The number of aryl methyl sites for hydroxylation is 1. The summed E-state index contributed by atoms with van der Waals surface area (Å²) in [5, 5.41) is 14.8.